The standard InChI is InChI=1S/C25H24N2O5/c28-23(27-22(24(29)30)14-16-11-12-16)10-5-13-26-25(31)32-15-21-19-8-3-1-6-17(19)18-7-2-4-9-20(18)21/h1-4,6-9,16,21-22H,11-15H2,(H,26,31)(H,27,28)(H,29,30). The highest BCUT2D eigenvalue weighted by molar-refractivity contribution is 5.96. The van der Waals surface area contributed by atoms with Crippen LogP contribution in [0.4, 0.5) is 4.79 Å². The number of carboxylic acid groups (broad SMARTS) is 1. The molecule has 0 saturated heterocycles. The maximum Gasteiger partial charge on any atom is 0.407 e. The van der Waals surface area contributed by atoms with E-state index in [1.54, 1.807) is 0 Å². The first kappa shape index (κ1) is 21.4. The molecule has 3 N–H and O–H groups in total. The highest BCUT2D eigenvalue weighted by Crippen LogP contribution is 2.44. The van der Waals surface area contributed by atoms with Crippen LogP contribution >= 0.6 is 0 Å². The summed E-state index contributed by atoms with van der Waals surface area (Å²) in [6, 6.07) is 15.2. The van der Waals surface area contributed by atoms with Gasteiger partial charge in [0.15, 0.2) is 0 Å². The molecule has 4 rings (SSSR count). The number of aliphatic carboxylic acids is 1. The fraction of sp³-hybridized carbons (Fsp3) is 0.320. The number of benzene rings is 2. The molecule has 7 nitrogen and oxygen atoms in total. The molecule has 7 heteroatoms. The Balaban J connectivity index is 1.25. The van der Waals surface area contributed by atoms with Crippen LogP contribution in [0.3, 0.4) is 0 Å². The molecular formula is C25H24N2O5. The molecule has 2 aromatic rings. The van der Waals surface area contributed by atoms with E-state index in [2.05, 4.69) is 34.6 Å². The van der Waals surface area contributed by atoms with E-state index in [1.165, 1.54) is 0 Å². The fourth-order valence-electron chi connectivity index (χ4n) is 3.99. The van der Waals surface area contributed by atoms with Gasteiger partial charge in [-0.3, -0.25) is 4.79 Å². The highest BCUT2D eigenvalue weighted by Gasteiger charge is 2.30. The molecule has 1 atom stereocenters. The van der Waals surface area contributed by atoms with Gasteiger partial charge in [0.25, 0.3) is 5.91 Å². The Kier molecular flexibility index (Phi) is 6.41. The summed E-state index contributed by atoms with van der Waals surface area (Å²) in [6.07, 6.45) is 1.78. The quantitative estimate of drug-likeness (QED) is 0.584. The first-order chi connectivity index (χ1) is 15.5. The Bertz CT molecular complexity index is 1050. The zero-order chi connectivity index (χ0) is 22.5. The summed E-state index contributed by atoms with van der Waals surface area (Å²) >= 11 is 0. The van der Waals surface area contributed by atoms with E-state index in [9.17, 15) is 19.5 Å². The molecule has 0 bridgehead atoms. The molecule has 0 spiro atoms. The van der Waals surface area contributed by atoms with Crippen molar-refractivity contribution in [3.63, 3.8) is 0 Å². The van der Waals surface area contributed by atoms with E-state index in [1.807, 2.05) is 36.4 Å². The van der Waals surface area contributed by atoms with E-state index in [4.69, 9.17) is 4.74 Å². The molecule has 2 aliphatic rings. The molecule has 0 aliphatic heterocycles. The summed E-state index contributed by atoms with van der Waals surface area (Å²) in [5.41, 5.74) is 4.54. The molecule has 1 saturated carbocycles. The largest absolute Gasteiger partial charge is 0.480 e. The molecule has 2 aromatic carbocycles. The summed E-state index contributed by atoms with van der Waals surface area (Å²) in [5.74, 6) is 3.41. The van der Waals surface area contributed by atoms with Gasteiger partial charge in [0.1, 0.15) is 12.6 Å². The van der Waals surface area contributed by atoms with Crippen molar-refractivity contribution in [2.75, 3.05) is 13.2 Å². The number of carbonyl (C=O) groups excluding carboxylic acids is 2. The van der Waals surface area contributed by atoms with Crippen LogP contribution in [0.1, 0.15) is 36.3 Å². The summed E-state index contributed by atoms with van der Waals surface area (Å²) in [5, 5.41) is 14.1. The Morgan fingerprint density at radius 2 is 1.66 bits per heavy atom. The summed E-state index contributed by atoms with van der Waals surface area (Å²) in [6.45, 7) is 0.111. The molecule has 164 valence electrons. The molecular weight excluding hydrogens is 408 g/mol. The summed E-state index contributed by atoms with van der Waals surface area (Å²) < 4.78 is 5.40. The lowest BCUT2D eigenvalue weighted by Crippen LogP contribution is -2.40. The number of amides is 2. The Hall–Kier alpha value is -3.79. The Labute approximate surface area is 186 Å². The van der Waals surface area contributed by atoms with Gasteiger partial charge < -0.3 is 20.5 Å². The lowest BCUT2D eigenvalue weighted by Gasteiger charge is -2.14. The fourth-order valence-corrected chi connectivity index (χ4v) is 3.99. The minimum absolute atomic E-state index is 0.0376. The van der Waals surface area contributed by atoms with Crippen LogP contribution in [0.5, 0.6) is 0 Å². The number of carboxylic acids is 1. The second-order valence-corrected chi connectivity index (χ2v) is 8.02. The molecule has 32 heavy (non-hydrogen) atoms. The number of alkyl carbamates (subject to hydrolysis) is 1. The molecule has 0 aromatic heterocycles. The lowest BCUT2D eigenvalue weighted by atomic mass is 9.98. The molecule has 2 aliphatic carbocycles. The zero-order valence-electron chi connectivity index (χ0n) is 17.5. The third-order valence-electron chi connectivity index (χ3n) is 5.74. The van der Waals surface area contributed by atoms with Gasteiger partial charge in [-0.2, -0.15) is 0 Å². The van der Waals surface area contributed by atoms with Gasteiger partial charge in [-0.25, -0.2) is 9.59 Å². The van der Waals surface area contributed by atoms with Crippen molar-refractivity contribution >= 4 is 18.0 Å². The Morgan fingerprint density at radius 3 is 2.25 bits per heavy atom. The average Bonchev–Trinajstić information content (AvgIpc) is 3.55. The molecule has 0 heterocycles. The van der Waals surface area contributed by atoms with E-state index in [-0.39, 0.29) is 19.1 Å². The third-order valence-corrected chi connectivity index (χ3v) is 5.74. The van der Waals surface area contributed by atoms with Crippen LogP contribution in [0.2, 0.25) is 0 Å². The average molecular weight is 432 g/mol. The van der Waals surface area contributed by atoms with E-state index in [0.717, 1.165) is 35.1 Å². The second kappa shape index (κ2) is 9.56. The maximum absolute atomic E-state index is 12.1. The maximum atomic E-state index is 12.1. The van der Waals surface area contributed by atoms with Gasteiger partial charge in [-0.05, 0) is 40.5 Å². The minimum Gasteiger partial charge on any atom is -0.480 e. The van der Waals surface area contributed by atoms with Gasteiger partial charge in [0.2, 0.25) is 0 Å². The van der Waals surface area contributed by atoms with Crippen LogP contribution < -0.4 is 10.6 Å². The Morgan fingerprint density at radius 1 is 1.03 bits per heavy atom. The molecule has 2 amide bonds. The highest BCUT2D eigenvalue weighted by atomic mass is 16.5. The normalized spacial score (nSPS) is 14.9. The third kappa shape index (κ3) is 5.09. The number of ether oxygens (including phenoxy) is 1. The molecule has 0 radical (unpaired) electrons. The first-order valence-electron chi connectivity index (χ1n) is 10.6. The van der Waals surface area contributed by atoms with Crippen molar-refractivity contribution in [3.05, 3.63) is 59.7 Å². The van der Waals surface area contributed by atoms with Crippen molar-refractivity contribution in [2.24, 2.45) is 5.92 Å². The topological polar surface area (TPSA) is 105 Å². The van der Waals surface area contributed by atoms with Crippen LogP contribution in [0.15, 0.2) is 48.5 Å². The van der Waals surface area contributed by atoms with E-state index >= 15 is 0 Å². The van der Waals surface area contributed by atoms with Crippen molar-refractivity contribution < 1.29 is 24.2 Å². The monoisotopic (exact) mass is 432 g/mol. The van der Waals surface area contributed by atoms with Crippen molar-refractivity contribution in [2.45, 2.75) is 31.2 Å². The number of hydrogen-bond acceptors (Lipinski definition) is 4. The van der Waals surface area contributed by atoms with E-state index in [0.29, 0.717) is 12.3 Å². The van der Waals surface area contributed by atoms with Gasteiger partial charge >= 0.3 is 12.1 Å². The zero-order valence-corrected chi connectivity index (χ0v) is 17.5. The lowest BCUT2D eigenvalue weighted by molar-refractivity contribution is -0.141. The van der Waals surface area contributed by atoms with Crippen LogP contribution in [0, 0.1) is 17.8 Å². The SMILES string of the molecule is O=C(C#CCNC(=O)OCC1c2ccccc2-c2ccccc21)NC(CC1CC1)C(=O)O. The molecule has 1 fully saturated rings. The van der Waals surface area contributed by atoms with Crippen LogP contribution in [-0.2, 0) is 14.3 Å². The van der Waals surface area contributed by atoms with Crippen LogP contribution in [0.25, 0.3) is 11.1 Å². The van der Waals surface area contributed by atoms with Crippen molar-refractivity contribution in [1.82, 2.24) is 10.6 Å². The second-order valence-electron chi connectivity index (χ2n) is 8.02. The smallest absolute Gasteiger partial charge is 0.407 e. The number of carbonyl (C=O) groups is 3. The predicted molar refractivity (Wildman–Crippen MR) is 118 cm³/mol. The first-order valence-corrected chi connectivity index (χ1v) is 10.6. The summed E-state index contributed by atoms with van der Waals surface area (Å²) in [7, 11) is 0. The van der Waals surface area contributed by atoms with Crippen LogP contribution in [-0.4, -0.2) is 42.3 Å². The number of nitrogens with one attached hydrogen (secondary N) is 2. The van der Waals surface area contributed by atoms with Gasteiger partial charge in [0.05, 0.1) is 6.54 Å². The van der Waals surface area contributed by atoms with Gasteiger partial charge in [-0.15, -0.1) is 0 Å². The number of hydrogen-bond donors (Lipinski definition) is 3. The minimum atomic E-state index is -1.07. The van der Waals surface area contributed by atoms with Gasteiger partial charge in [-0.1, -0.05) is 67.3 Å². The number of rotatable bonds is 7. The summed E-state index contributed by atoms with van der Waals surface area (Å²) in [4.78, 5) is 35.1. The van der Waals surface area contributed by atoms with Crippen molar-refractivity contribution in [3.8, 4) is 23.0 Å². The van der Waals surface area contributed by atoms with E-state index < -0.39 is 24.0 Å². The van der Waals surface area contributed by atoms with Gasteiger partial charge in [0, 0.05) is 5.92 Å². The number of fused-ring (bicyclic) bond motifs is 3. The molecule has 1 unspecified atom stereocenters. The predicted octanol–water partition coefficient (Wildman–Crippen LogP) is 2.90. The van der Waals surface area contributed by atoms with Crippen molar-refractivity contribution in [1.29, 1.82) is 0 Å².